The van der Waals surface area contributed by atoms with Gasteiger partial charge in [-0.1, -0.05) is 6.07 Å². The van der Waals surface area contributed by atoms with Crippen LogP contribution in [0.5, 0.6) is 0 Å². The molecule has 14 heavy (non-hydrogen) atoms. The summed E-state index contributed by atoms with van der Waals surface area (Å²) in [5.74, 6) is 0. The predicted molar refractivity (Wildman–Crippen MR) is 59.9 cm³/mol. The summed E-state index contributed by atoms with van der Waals surface area (Å²) in [6, 6.07) is 9.80. The third kappa shape index (κ3) is 1.99. The minimum atomic E-state index is 0.832. The molecule has 2 rings (SSSR count). The van der Waals surface area contributed by atoms with Gasteiger partial charge in [0.2, 0.25) is 0 Å². The maximum Gasteiger partial charge on any atom is 0.106 e. The molecular weight excluding hydrogens is 240 g/mol. The van der Waals surface area contributed by atoms with Gasteiger partial charge < -0.3 is 0 Å². The number of rotatable bonds is 1. The Morgan fingerprint density at radius 3 is 2.71 bits per heavy atom. The van der Waals surface area contributed by atoms with E-state index >= 15 is 0 Å². The maximum atomic E-state index is 4.34. The van der Waals surface area contributed by atoms with E-state index in [0.717, 1.165) is 16.0 Å². The molecule has 0 fully saturated rings. The van der Waals surface area contributed by atoms with Gasteiger partial charge in [-0.05, 0) is 52.7 Å². The van der Waals surface area contributed by atoms with Crippen LogP contribution in [0.15, 0.2) is 41.1 Å². The van der Waals surface area contributed by atoms with Gasteiger partial charge >= 0.3 is 0 Å². The SMILES string of the molecule is Cc1ccnc(-c2cccc(Br)n2)c1. The molecular formula is C11H9BrN2. The van der Waals surface area contributed by atoms with E-state index in [2.05, 4.69) is 25.9 Å². The number of hydrogen-bond acceptors (Lipinski definition) is 2. The van der Waals surface area contributed by atoms with Crippen LogP contribution >= 0.6 is 15.9 Å². The molecule has 3 heteroatoms. The van der Waals surface area contributed by atoms with Crippen LogP contribution in [0.4, 0.5) is 0 Å². The lowest BCUT2D eigenvalue weighted by atomic mass is 10.2. The summed E-state index contributed by atoms with van der Waals surface area (Å²) in [6.07, 6.45) is 1.80. The van der Waals surface area contributed by atoms with Gasteiger partial charge in [0.15, 0.2) is 0 Å². The van der Waals surface area contributed by atoms with Crippen LogP contribution in [-0.4, -0.2) is 9.97 Å². The van der Waals surface area contributed by atoms with Crippen molar-refractivity contribution in [1.82, 2.24) is 9.97 Å². The number of nitrogens with zero attached hydrogens (tertiary/aromatic N) is 2. The topological polar surface area (TPSA) is 25.8 Å². The molecule has 0 unspecified atom stereocenters. The molecule has 0 saturated carbocycles. The normalized spacial score (nSPS) is 10.1. The van der Waals surface area contributed by atoms with Crippen LogP contribution in [0.2, 0.25) is 0 Å². The van der Waals surface area contributed by atoms with Gasteiger partial charge in [-0.3, -0.25) is 4.98 Å². The molecule has 0 aromatic carbocycles. The van der Waals surface area contributed by atoms with E-state index in [9.17, 15) is 0 Å². The van der Waals surface area contributed by atoms with Crippen LogP contribution < -0.4 is 0 Å². The first-order valence-corrected chi connectivity index (χ1v) is 5.10. The lowest BCUT2D eigenvalue weighted by Crippen LogP contribution is -1.87. The summed E-state index contributed by atoms with van der Waals surface area (Å²) >= 11 is 3.34. The van der Waals surface area contributed by atoms with Crippen molar-refractivity contribution in [2.24, 2.45) is 0 Å². The van der Waals surface area contributed by atoms with Crippen LogP contribution in [0.1, 0.15) is 5.56 Å². The Morgan fingerprint density at radius 2 is 2.00 bits per heavy atom. The molecule has 0 aliphatic rings. The van der Waals surface area contributed by atoms with Gasteiger partial charge in [0.1, 0.15) is 4.60 Å². The predicted octanol–water partition coefficient (Wildman–Crippen LogP) is 3.21. The molecule has 2 aromatic rings. The lowest BCUT2D eigenvalue weighted by molar-refractivity contribution is 1.21. The smallest absolute Gasteiger partial charge is 0.106 e. The summed E-state index contributed by atoms with van der Waals surface area (Å²) < 4.78 is 0.832. The van der Waals surface area contributed by atoms with Crippen LogP contribution in [0.3, 0.4) is 0 Å². The van der Waals surface area contributed by atoms with Gasteiger partial charge in [0.05, 0.1) is 11.4 Å². The minimum absolute atomic E-state index is 0.832. The molecule has 0 amide bonds. The molecule has 0 bridgehead atoms. The van der Waals surface area contributed by atoms with E-state index < -0.39 is 0 Å². The largest absolute Gasteiger partial charge is 0.255 e. The zero-order valence-corrected chi connectivity index (χ0v) is 9.32. The van der Waals surface area contributed by atoms with Crippen molar-refractivity contribution >= 4 is 15.9 Å². The van der Waals surface area contributed by atoms with Gasteiger partial charge in [0, 0.05) is 6.20 Å². The van der Waals surface area contributed by atoms with Crippen LogP contribution in [-0.2, 0) is 0 Å². The molecule has 0 aliphatic carbocycles. The second kappa shape index (κ2) is 3.88. The van der Waals surface area contributed by atoms with E-state index in [1.807, 2.05) is 37.3 Å². The van der Waals surface area contributed by atoms with Gasteiger partial charge in [-0.2, -0.15) is 0 Å². The van der Waals surface area contributed by atoms with E-state index in [-0.39, 0.29) is 0 Å². The number of hydrogen-bond donors (Lipinski definition) is 0. The summed E-state index contributed by atoms with van der Waals surface area (Å²) in [5, 5.41) is 0. The summed E-state index contributed by atoms with van der Waals surface area (Å²) in [6.45, 7) is 2.04. The monoisotopic (exact) mass is 248 g/mol. The van der Waals surface area contributed by atoms with Crippen molar-refractivity contribution in [3.05, 3.63) is 46.7 Å². The quantitative estimate of drug-likeness (QED) is 0.725. The van der Waals surface area contributed by atoms with Crippen molar-refractivity contribution in [2.45, 2.75) is 6.92 Å². The zero-order valence-electron chi connectivity index (χ0n) is 7.74. The maximum absolute atomic E-state index is 4.34. The third-order valence-electron chi connectivity index (χ3n) is 1.89. The average Bonchev–Trinajstić information content (AvgIpc) is 2.18. The van der Waals surface area contributed by atoms with E-state index in [1.54, 1.807) is 6.20 Å². The number of halogens is 1. The molecule has 2 nitrogen and oxygen atoms in total. The lowest BCUT2D eigenvalue weighted by Gasteiger charge is -2.00. The number of aryl methyl sites for hydroxylation is 1. The Hall–Kier alpha value is -1.22. The van der Waals surface area contributed by atoms with Crippen molar-refractivity contribution < 1.29 is 0 Å². The standard InChI is InChI=1S/C11H9BrN2/c1-8-5-6-13-10(7-8)9-3-2-4-11(12)14-9/h2-7H,1H3. The Bertz CT molecular complexity index is 411. The highest BCUT2D eigenvalue weighted by atomic mass is 79.9. The molecule has 0 saturated heterocycles. The highest BCUT2D eigenvalue weighted by Gasteiger charge is 2.00. The van der Waals surface area contributed by atoms with Crippen molar-refractivity contribution in [1.29, 1.82) is 0 Å². The number of aromatic nitrogens is 2. The molecule has 0 N–H and O–H groups in total. The molecule has 0 aliphatic heterocycles. The Morgan fingerprint density at radius 1 is 1.14 bits per heavy atom. The molecule has 0 spiro atoms. The molecule has 2 aromatic heterocycles. The fraction of sp³-hybridized carbons (Fsp3) is 0.0909. The first-order valence-electron chi connectivity index (χ1n) is 4.31. The van der Waals surface area contributed by atoms with E-state index in [4.69, 9.17) is 0 Å². The van der Waals surface area contributed by atoms with E-state index in [0.29, 0.717) is 0 Å². The molecule has 0 atom stereocenters. The second-order valence-corrected chi connectivity index (χ2v) is 3.88. The Labute approximate surface area is 91.2 Å². The fourth-order valence-electron chi connectivity index (χ4n) is 1.23. The number of pyridine rings is 2. The molecule has 2 heterocycles. The molecule has 0 radical (unpaired) electrons. The Kier molecular flexibility index (Phi) is 2.59. The highest BCUT2D eigenvalue weighted by Crippen LogP contribution is 2.17. The summed E-state index contributed by atoms with van der Waals surface area (Å²) in [7, 11) is 0. The summed E-state index contributed by atoms with van der Waals surface area (Å²) in [5.41, 5.74) is 2.99. The first kappa shape index (κ1) is 9.34. The minimum Gasteiger partial charge on any atom is -0.255 e. The second-order valence-electron chi connectivity index (χ2n) is 3.06. The van der Waals surface area contributed by atoms with Crippen molar-refractivity contribution in [3.8, 4) is 11.4 Å². The van der Waals surface area contributed by atoms with Crippen LogP contribution in [0.25, 0.3) is 11.4 Å². The van der Waals surface area contributed by atoms with Gasteiger partial charge in [-0.15, -0.1) is 0 Å². The molecule has 70 valence electrons. The van der Waals surface area contributed by atoms with Crippen molar-refractivity contribution in [2.75, 3.05) is 0 Å². The third-order valence-corrected chi connectivity index (χ3v) is 2.33. The first-order chi connectivity index (χ1) is 6.75. The zero-order chi connectivity index (χ0) is 9.97. The van der Waals surface area contributed by atoms with Crippen molar-refractivity contribution in [3.63, 3.8) is 0 Å². The van der Waals surface area contributed by atoms with Crippen LogP contribution in [0, 0.1) is 6.92 Å². The fourth-order valence-corrected chi connectivity index (χ4v) is 1.57. The average molecular weight is 249 g/mol. The summed E-state index contributed by atoms with van der Waals surface area (Å²) in [4.78, 5) is 8.61. The van der Waals surface area contributed by atoms with Gasteiger partial charge in [-0.25, -0.2) is 4.98 Å². The van der Waals surface area contributed by atoms with Gasteiger partial charge in [0.25, 0.3) is 0 Å². The highest BCUT2D eigenvalue weighted by molar-refractivity contribution is 9.10. The van der Waals surface area contributed by atoms with E-state index in [1.165, 1.54) is 5.56 Å². The Balaban J connectivity index is 2.49.